The van der Waals surface area contributed by atoms with Gasteiger partial charge < -0.3 is 5.73 Å². The molecule has 0 saturated heterocycles. The Bertz CT molecular complexity index is 170. The van der Waals surface area contributed by atoms with Gasteiger partial charge in [-0.15, -0.1) is 5.10 Å². The maximum atomic E-state index is 5.68. The van der Waals surface area contributed by atoms with Crippen LogP contribution in [0.2, 0.25) is 0 Å². The quantitative estimate of drug-likeness (QED) is 0.643. The zero-order valence-corrected chi connectivity index (χ0v) is 6.07. The van der Waals surface area contributed by atoms with Crippen molar-refractivity contribution in [2.45, 2.75) is 25.9 Å². The molecular weight excluding hydrogens is 128 g/mol. The first-order chi connectivity index (χ1) is 4.83. The molecule has 1 rings (SSSR count). The minimum Gasteiger partial charge on any atom is -0.326 e. The van der Waals surface area contributed by atoms with Crippen LogP contribution in [-0.4, -0.2) is 21.0 Å². The molecule has 4 heteroatoms. The molecule has 1 aromatic heterocycles. The number of aromatic nitrogens is 3. The van der Waals surface area contributed by atoms with Crippen LogP contribution in [0.25, 0.3) is 0 Å². The van der Waals surface area contributed by atoms with Crippen molar-refractivity contribution in [2.24, 2.45) is 5.73 Å². The monoisotopic (exact) mass is 140 g/mol. The Labute approximate surface area is 60.0 Å². The van der Waals surface area contributed by atoms with Gasteiger partial charge in [0.1, 0.15) is 0 Å². The molecule has 0 bridgehead atoms. The molecule has 2 N–H and O–H groups in total. The smallest absolute Gasteiger partial charge is 0.0692 e. The van der Waals surface area contributed by atoms with Crippen LogP contribution in [0.1, 0.15) is 13.3 Å². The maximum absolute atomic E-state index is 5.68. The Kier molecular flexibility index (Phi) is 2.39. The lowest BCUT2D eigenvalue weighted by atomic mass is 10.2. The largest absolute Gasteiger partial charge is 0.326 e. The van der Waals surface area contributed by atoms with E-state index < -0.39 is 0 Å². The van der Waals surface area contributed by atoms with E-state index >= 15 is 0 Å². The Balaban J connectivity index is 2.40. The van der Waals surface area contributed by atoms with Gasteiger partial charge in [0.25, 0.3) is 0 Å². The summed E-state index contributed by atoms with van der Waals surface area (Å²) in [7, 11) is 0. The minimum absolute atomic E-state index is 0.196. The normalized spacial score (nSPS) is 13.4. The minimum atomic E-state index is 0.196. The first-order valence-corrected chi connectivity index (χ1v) is 3.42. The highest BCUT2D eigenvalue weighted by Crippen LogP contribution is 1.89. The third-order valence-corrected chi connectivity index (χ3v) is 1.42. The van der Waals surface area contributed by atoms with Gasteiger partial charge in [0.05, 0.1) is 12.7 Å². The lowest BCUT2D eigenvalue weighted by Gasteiger charge is -2.06. The summed E-state index contributed by atoms with van der Waals surface area (Å²) in [6.07, 6.45) is 4.44. The average Bonchev–Trinajstić information content (AvgIpc) is 2.40. The summed E-state index contributed by atoms with van der Waals surface area (Å²) in [5, 5.41) is 7.46. The van der Waals surface area contributed by atoms with E-state index in [-0.39, 0.29) is 6.04 Å². The van der Waals surface area contributed by atoms with Crippen molar-refractivity contribution in [3.63, 3.8) is 0 Å². The molecule has 0 saturated carbocycles. The summed E-state index contributed by atoms with van der Waals surface area (Å²) in [6.45, 7) is 2.82. The second kappa shape index (κ2) is 3.31. The van der Waals surface area contributed by atoms with Gasteiger partial charge in [0.2, 0.25) is 0 Å². The van der Waals surface area contributed by atoms with Gasteiger partial charge >= 0.3 is 0 Å². The number of nitrogens with two attached hydrogens (primary N) is 1. The summed E-state index contributed by atoms with van der Waals surface area (Å²) in [5.41, 5.74) is 5.68. The standard InChI is InChI=1S/C6H12N4/c1-2-6(7)5-10-4-3-8-9-10/h3-4,6H,2,5,7H2,1H3/t6-/m0/s1. The highest BCUT2D eigenvalue weighted by atomic mass is 15.4. The molecule has 0 spiro atoms. The van der Waals surface area contributed by atoms with Gasteiger partial charge in [-0.25, -0.2) is 0 Å². The van der Waals surface area contributed by atoms with E-state index in [1.54, 1.807) is 10.9 Å². The molecule has 0 aliphatic heterocycles. The second-order valence-corrected chi connectivity index (χ2v) is 2.29. The number of rotatable bonds is 3. The first-order valence-electron chi connectivity index (χ1n) is 3.42. The molecule has 0 aliphatic carbocycles. The van der Waals surface area contributed by atoms with E-state index in [1.807, 2.05) is 6.20 Å². The molecule has 0 radical (unpaired) electrons. The van der Waals surface area contributed by atoms with Gasteiger partial charge in [-0.2, -0.15) is 0 Å². The van der Waals surface area contributed by atoms with Crippen LogP contribution in [0.5, 0.6) is 0 Å². The molecule has 1 aromatic rings. The van der Waals surface area contributed by atoms with Crippen LogP contribution in [0.3, 0.4) is 0 Å². The van der Waals surface area contributed by atoms with Crippen molar-refractivity contribution in [3.05, 3.63) is 12.4 Å². The highest BCUT2D eigenvalue weighted by molar-refractivity contribution is 4.67. The average molecular weight is 140 g/mol. The third kappa shape index (κ3) is 1.80. The fourth-order valence-electron chi connectivity index (χ4n) is 0.699. The number of hydrogen-bond donors (Lipinski definition) is 1. The van der Waals surface area contributed by atoms with Crippen LogP contribution in [-0.2, 0) is 6.54 Å². The topological polar surface area (TPSA) is 56.7 Å². The predicted molar refractivity (Wildman–Crippen MR) is 38.3 cm³/mol. The Morgan fingerprint density at radius 2 is 2.50 bits per heavy atom. The van der Waals surface area contributed by atoms with Crippen LogP contribution in [0.4, 0.5) is 0 Å². The van der Waals surface area contributed by atoms with Gasteiger partial charge in [-0.1, -0.05) is 12.1 Å². The van der Waals surface area contributed by atoms with Gasteiger partial charge in [-0.05, 0) is 6.42 Å². The maximum Gasteiger partial charge on any atom is 0.0692 e. The molecule has 56 valence electrons. The number of hydrogen-bond acceptors (Lipinski definition) is 3. The fourth-order valence-corrected chi connectivity index (χ4v) is 0.699. The highest BCUT2D eigenvalue weighted by Gasteiger charge is 1.98. The van der Waals surface area contributed by atoms with Crippen molar-refractivity contribution < 1.29 is 0 Å². The molecule has 0 fully saturated rings. The van der Waals surface area contributed by atoms with Crippen molar-refractivity contribution in [3.8, 4) is 0 Å². The molecule has 1 heterocycles. The summed E-state index contributed by atoms with van der Waals surface area (Å²) in [4.78, 5) is 0. The van der Waals surface area contributed by atoms with Crippen LogP contribution < -0.4 is 5.73 Å². The lowest BCUT2D eigenvalue weighted by molar-refractivity contribution is 0.489. The zero-order valence-electron chi connectivity index (χ0n) is 6.07. The van der Waals surface area contributed by atoms with Crippen molar-refractivity contribution in [1.29, 1.82) is 0 Å². The Hall–Kier alpha value is -0.900. The van der Waals surface area contributed by atoms with Gasteiger partial charge in [-0.3, -0.25) is 4.68 Å². The molecule has 0 aromatic carbocycles. The van der Waals surface area contributed by atoms with Crippen molar-refractivity contribution >= 4 is 0 Å². The Morgan fingerprint density at radius 1 is 1.70 bits per heavy atom. The molecular formula is C6H12N4. The van der Waals surface area contributed by atoms with Crippen LogP contribution in [0, 0.1) is 0 Å². The van der Waals surface area contributed by atoms with E-state index in [1.165, 1.54) is 0 Å². The SMILES string of the molecule is CC[C@H](N)Cn1ccnn1. The molecule has 10 heavy (non-hydrogen) atoms. The number of nitrogens with zero attached hydrogens (tertiary/aromatic N) is 3. The third-order valence-electron chi connectivity index (χ3n) is 1.42. The van der Waals surface area contributed by atoms with Crippen LogP contribution >= 0.6 is 0 Å². The predicted octanol–water partition coefficient (Wildman–Crippen LogP) is 0.0154. The van der Waals surface area contributed by atoms with E-state index in [0.29, 0.717) is 0 Å². The van der Waals surface area contributed by atoms with E-state index in [4.69, 9.17) is 5.73 Å². The Morgan fingerprint density at radius 3 is 3.00 bits per heavy atom. The van der Waals surface area contributed by atoms with Crippen molar-refractivity contribution in [1.82, 2.24) is 15.0 Å². The summed E-state index contributed by atoms with van der Waals surface area (Å²) in [5.74, 6) is 0. The van der Waals surface area contributed by atoms with Gasteiger partial charge in [0.15, 0.2) is 0 Å². The summed E-state index contributed by atoms with van der Waals surface area (Å²) in [6, 6.07) is 0.196. The molecule has 0 aliphatic rings. The zero-order chi connectivity index (χ0) is 7.40. The van der Waals surface area contributed by atoms with E-state index in [9.17, 15) is 0 Å². The molecule has 1 atom stereocenters. The van der Waals surface area contributed by atoms with E-state index in [0.717, 1.165) is 13.0 Å². The molecule has 0 unspecified atom stereocenters. The first kappa shape index (κ1) is 7.21. The molecule has 4 nitrogen and oxygen atoms in total. The summed E-state index contributed by atoms with van der Waals surface area (Å²) < 4.78 is 1.74. The second-order valence-electron chi connectivity index (χ2n) is 2.29. The van der Waals surface area contributed by atoms with E-state index in [2.05, 4.69) is 17.2 Å². The fraction of sp³-hybridized carbons (Fsp3) is 0.667. The van der Waals surface area contributed by atoms with Crippen LogP contribution in [0.15, 0.2) is 12.4 Å². The van der Waals surface area contributed by atoms with Crippen molar-refractivity contribution in [2.75, 3.05) is 0 Å². The summed E-state index contributed by atoms with van der Waals surface area (Å²) >= 11 is 0. The molecule has 0 amide bonds. The van der Waals surface area contributed by atoms with Gasteiger partial charge in [0, 0.05) is 12.2 Å². The lowest BCUT2D eigenvalue weighted by Crippen LogP contribution is -2.25.